The Morgan fingerprint density at radius 1 is 1.03 bits per heavy atom. The van der Waals surface area contributed by atoms with Crippen LogP contribution in [0.25, 0.3) is 0 Å². The summed E-state index contributed by atoms with van der Waals surface area (Å²) in [5, 5.41) is 2.63. The van der Waals surface area contributed by atoms with E-state index in [0.29, 0.717) is 5.56 Å². The largest absolute Gasteiger partial charge is 0.417 e. The highest BCUT2D eigenvalue weighted by atomic mass is 32.2. The van der Waals surface area contributed by atoms with Crippen molar-refractivity contribution in [2.75, 3.05) is 13.1 Å². The van der Waals surface area contributed by atoms with E-state index in [1.165, 1.54) is 18.2 Å². The first-order chi connectivity index (χ1) is 14.1. The summed E-state index contributed by atoms with van der Waals surface area (Å²) in [6.45, 7) is -0.151. The molecule has 1 aliphatic rings. The Hall–Kier alpha value is -2.46. The highest BCUT2D eigenvalue weighted by Crippen LogP contribution is 2.36. The molecule has 30 heavy (non-hydrogen) atoms. The third kappa shape index (κ3) is 4.81. The maximum Gasteiger partial charge on any atom is 0.417 e. The number of alkyl halides is 3. The minimum absolute atomic E-state index is 0.00295. The van der Waals surface area contributed by atoms with Gasteiger partial charge in [-0.15, -0.1) is 0 Å². The molecule has 10 heteroatoms. The molecule has 1 N–H and O–H groups in total. The average molecular weight is 444 g/mol. The van der Waals surface area contributed by atoms with Gasteiger partial charge >= 0.3 is 6.18 Å². The molecule has 0 atom stereocenters. The summed E-state index contributed by atoms with van der Waals surface area (Å²) in [7, 11) is -4.35. The maximum absolute atomic E-state index is 13.6. The van der Waals surface area contributed by atoms with Gasteiger partial charge in [0.05, 0.1) is 10.5 Å². The third-order valence-electron chi connectivity index (χ3n) is 5.05. The van der Waals surface area contributed by atoms with Crippen LogP contribution < -0.4 is 5.32 Å². The van der Waals surface area contributed by atoms with Crippen LogP contribution in [0, 0.1) is 11.7 Å². The van der Waals surface area contributed by atoms with Crippen LogP contribution in [0.4, 0.5) is 17.6 Å². The van der Waals surface area contributed by atoms with Gasteiger partial charge in [0, 0.05) is 31.1 Å². The fourth-order valence-corrected chi connectivity index (χ4v) is 5.07. The van der Waals surface area contributed by atoms with E-state index < -0.39 is 38.4 Å². The molecule has 1 fully saturated rings. The number of hydrogen-bond donors (Lipinski definition) is 1. The van der Waals surface area contributed by atoms with Crippen LogP contribution >= 0.6 is 0 Å². The molecule has 0 saturated carbocycles. The Labute approximate surface area is 171 Å². The molecule has 162 valence electrons. The molecule has 3 rings (SSSR count). The van der Waals surface area contributed by atoms with Gasteiger partial charge in [-0.05, 0) is 31.0 Å². The second kappa shape index (κ2) is 8.73. The lowest BCUT2D eigenvalue weighted by Gasteiger charge is -2.31. The van der Waals surface area contributed by atoms with Gasteiger partial charge in [-0.3, -0.25) is 4.79 Å². The van der Waals surface area contributed by atoms with Gasteiger partial charge in [0.1, 0.15) is 5.82 Å². The smallest absolute Gasteiger partial charge is 0.352 e. The fourth-order valence-electron chi connectivity index (χ4n) is 3.39. The van der Waals surface area contributed by atoms with Gasteiger partial charge < -0.3 is 5.32 Å². The van der Waals surface area contributed by atoms with Crippen molar-refractivity contribution < 1.29 is 30.8 Å². The number of carbonyl (C=O) groups excluding carboxylic acids is 1. The molecule has 0 radical (unpaired) electrons. The van der Waals surface area contributed by atoms with Crippen molar-refractivity contribution in [1.82, 2.24) is 9.62 Å². The van der Waals surface area contributed by atoms with Crippen molar-refractivity contribution in [3.63, 3.8) is 0 Å². The number of rotatable bonds is 5. The molecule has 0 unspecified atom stereocenters. The monoisotopic (exact) mass is 444 g/mol. The Kier molecular flexibility index (Phi) is 6.47. The van der Waals surface area contributed by atoms with Crippen molar-refractivity contribution in [3.05, 3.63) is 65.5 Å². The number of halogens is 4. The highest BCUT2D eigenvalue weighted by Gasteiger charge is 2.40. The van der Waals surface area contributed by atoms with E-state index in [4.69, 9.17) is 0 Å². The molecule has 1 aliphatic heterocycles. The molecule has 2 aromatic rings. The van der Waals surface area contributed by atoms with Crippen molar-refractivity contribution in [3.8, 4) is 0 Å². The van der Waals surface area contributed by atoms with E-state index in [2.05, 4.69) is 5.32 Å². The van der Waals surface area contributed by atoms with Crippen molar-refractivity contribution in [1.29, 1.82) is 0 Å². The van der Waals surface area contributed by atoms with Crippen LogP contribution in [0.2, 0.25) is 0 Å². The number of hydrogen-bond acceptors (Lipinski definition) is 3. The van der Waals surface area contributed by atoms with E-state index in [9.17, 15) is 30.8 Å². The lowest BCUT2D eigenvalue weighted by Crippen LogP contribution is -2.43. The van der Waals surface area contributed by atoms with E-state index >= 15 is 0 Å². The number of nitrogens with one attached hydrogen (secondary N) is 1. The highest BCUT2D eigenvalue weighted by molar-refractivity contribution is 7.89. The van der Waals surface area contributed by atoms with Gasteiger partial charge in [-0.2, -0.15) is 17.5 Å². The van der Waals surface area contributed by atoms with Gasteiger partial charge in [-0.25, -0.2) is 12.8 Å². The first kappa shape index (κ1) is 22.2. The molecule has 0 bridgehead atoms. The van der Waals surface area contributed by atoms with E-state index in [-0.39, 0.29) is 38.4 Å². The zero-order valence-electron chi connectivity index (χ0n) is 15.8. The molecule has 5 nitrogen and oxygen atoms in total. The standard InChI is InChI=1S/C20H20F4N2O3S/c21-17-7-3-1-5-15(17)13-25-19(27)14-9-11-26(12-10-14)30(28,29)18-8-4-2-6-16(18)20(22,23)24/h1-8,14H,9-13H2,(H,25,27). The lowest BCUT2D eigenvalue weighted by atomic mass is 9.97. The summed E-state index contributed by atoms with van der Waals surface area (Å²) < 4.78 is 79.7. The SMILES string of the molecule is O=C(NCc1ccccc1F)C1CCN(S(=O)(=O)c2ccccc2C(F)(F)F)CC1. The number of benzene rings is 2. The number of amides is 1. The molecule has 1 amide bonds. The van der Waals surface area contributed by atoms with Crippen LogP contribution in [-0.2, 0) is 27.5 Å². The second-order valence-corrected chi connectivity index (χ2v) is 8.89. The first-order valence-corrected chi connectivity index (χ1v) is 10.7. The molecule has 0 aliphatic carbocycles. The van der Waals surface area contributed by atoms with Crippen LogP contribution in [0.15, 0.2) is 53.4 Å². The van der Waals surface area contributed by atoms with Crippen molar-refractivity contribution >= 4 is 15.9 Å². The normalized spacial score (nSPS) is 16.4. The van der Waals surface area contributed by atoms with Crippen LogP contribution in [0.1, 0.15) is 24.0 Å². The zero-order valence-corrected chi connectivity index (χ0v) is 16.6. The Morgan fingerprint density at radius 2 is 1.63 bits per heavy atom. The molecule has 0 aromatic heterocycles. The van der Waals surface area contributed by atoms with Crippen molar-refractivity contribution in [2.24, 2.45) is 5.92 Å². The third-order valence-corrected chi connectivity index (χ3v) is 7.00. The first-order valence-electron chi connectivity index (χ1n) is 9.28. The predicted molar refractivity (Wildman–Crippen MR) is 101 cm³/mol. The van der Waals surface area contributed by atoms with Crippen molar-refractivity contribution in [2.45, 2.75) is 30.5 Å². The van der Waals surface area contributed by atoms with Gasteiger partial charge in [0.2, 0.25) is 15.9 Å². The Bertz CT molecular complexity index is 1020. The Morgan fingerprint density at radius 3 is 2.27 bits per heavy atom. The topological polar surface area (TPSA) is 66.5 Å². The van der Waals surface area contributed by atoms with Crippen LogP contribution in [0.5, 0.6) is 0 Å². The molecule has 1 heterocycles. The van der Waals surface area contributed by atoms with E-state index in [1.807, 2.05) is 0 Å². The number of carbonyl (C=O) groups is 1. The van der Waals surface area contributed by atoms with Gasteiger partial charge in [0.25, 0.3) is 0 Å². The maximum atomic E-state index is 13.6. The summed E-state index contributed by atoms with van der Waals surface area (Å²) in [5.74, 6) is -1.28. The predicted octanol–water partition coefficient (Wildman–Crippen LogP) is 3.56. The number of nitrogens with zero attached hydrogens (tertiary/aromatic N) is 1. The van der Waals surface area contributed by atoms with E-state index in [0.717, 1.165) is 22.5 Å². The summed E-state index contributed by atoms with van der Waals surface area (Å²) in [6, 6.07) is 10.0. The van der Waals surface area contributed by atoms with Crippen LogP contribution in [0.3, 0.4) is 0 Å². The molecule has 1 saturated heterocycles. The quantitative estimate of drug-likeness (QED) is 0.718. The summed E-state index contributed by atoms with van der Waals surface area (Å²) >= 11 is 0. The zero-order chi connectivity index (χ0) is 21.9. The number of sulfonamides is 1. The molecule has 0 spiro atoms. The van der Waals surface area contributed by atoms with Gasteiger partial charge in [0.15, 0.2) is 0 Å². The molecule has 2 aromatic carbocycles. The molecular weight excluding hydrogens is 424 g/mol. The summed E-state index contributed by atoms with van der Waals surface area (Å²) in [4.78, 5) is 11.6. The minimum atomic E-state index is -4.80. The molecular formula is C20H20F4N2O3S. The summed E-state index contributed by atoms with van der Waals surface area (Å²) in [6.07, 6.45) is -4.47. The fraction of sp³-hybridized carbons (Fsp3) is 0.350. The Balaban J connectivity index is 1.64. The number of piperidine rings is 1. The lowest BCUT2D eigenvalue weighted by molar-refractivity contribution is -0.139. The minimum Gasteiger partial charge on any atom is -0.352 e. The van der Waals surface area contributed by atoms with Gasteiger partial charge in [-0.1, -0.05) is 30.3 Å². The van der Waals surface area contributed by atoms with Crippen LogP contribution in [-0.4, -0.2) is 31.7 Å². The van der Waals surface area contributed by atoms with E-state index in [1.54, 1.807) is 12.1 Å². The average Bonchev–Trinajstić information content (AvgIpc) is 2.72. The summed E-state index contributed by atoms with van der Waals surface area (Å²) in [5.41, 5.74) is -0.885. The second-order valence-electron chi connectivity index (χ2n) is 6.98.